The van der Waals surface area contributed by atoms with Crippen LogP contribution >= 0.6 is 11.6 Å². The first-order valence-electron chi connectivity index (χ1n) is 6.50. The molecule has 0 bridgehead atoms. The summed E-state index contributed by atoms with van der Waals surface area (Å²) >= 11 is 5.67. The molecular weight excluding hydrogens is 285 g/mol. The standard InChI is InChI=1S/C13H17ClFN3O2/c14-9-5-10(15)13(17-7-9)18-11(6-12(16)19)8-1-3-20-4-2-8/h5,7-8,11H,1-4,6H2,(H2,16,19)(H,17,18)/t11-/m1/s1. The summed E-state index contributed by atoms with van der Waals surface area (Å²) in [6.45, 7) is 1.27. The van der Waals surface area contributed by atoms with E-state index in [1.165, 1.54) is 12.3 Å². The molecular formula is C13H17ClFN3O2. The zero-order valence-corrected chi connectivity index (χ0v) is 11.7. The lowest BCUT2D eigenvalue weighted by molar-refractivity contribution is -0.118. The Kier molecular flexibility index (Phi) is 5.14. The van der Waals surface area contributed by atoms with Crippen LogP contribution < -0.4 is 11.1 Å². The number of amides is 1. The molecule has 1 aromatic heterocycles. The maximum atomic E-state index is 13.8. The highest BCUT2D eigenvalue weighted by atomic mass is 35.5. The molecule has 0 saturated carbocycles. The van der Waals surface area contributed by atoms with Gasteiger partial charge in [0.15, 0.2) is 11.6 Å². The van der Waals surface area contributed by atoms with Gasteiger partial charge < -0.3 is 15.8 Å². The van der Waals surface area contributed by atoms with Crippen molar-refractivity contribution >= 4 is 23.3 Å². The molecule has 3 N–H and O–H groups in total. The van der Waals surface area contributed by atoms with Crippen molar-refractivity contribution in [2.75, 3.05) is 18.5 Å². The molecule has 5 nitrogen and oxygen atoms in total. The molecule has 1 aromatic rings. The molecule has 1 atom stereocenters. The van der Waals surface area contributed by atoms with E-state index in [0.717, 1.165) is 12.8 Å². The minimum atomic E-state index is -0.543. The Labute approximate surface area is 121 Å². The third-order valence-corrected chi connectivity index (χ3v) is 3.59. The minimum absolute atomic E-state index is 0.0899. The maximum absolute atomic E-state index is 13.8. The van der Waals surface area contributed by atoms with Crippen LogP contribution in [0.4, 0.5) is 10.2 Å². The molecule has 1 saturated heterocycles. The monoisotopic (exact) mass is 301 g/mol. The molecule has 1 aliphatic rings. The second-order valence-electron chi connectivity index (χ2n) is 4.86. The number of nitrogens with two attached hydrogens (primary N) is 1. The molecule has 2 rings (SSSR count). The SMILES string of the molecule is NC(=O)C[C@@H](Nc1ncc(Cl)cc1F)C1CCOCC1. The van der Waals surface area contributed by atoms with Gasteiger partial charge >= 0.3 is 0 Å². The van der Waals surface area contributed by atoms with E-state index >= 15 is 0 Å². The van der Waals surface area contributed by atoms with E-state index in [2.05, 4.69) is 10.3 Å². The van der Waals surface area contributed by atoms with E-state index in [-0.39, 0.29) is 29.2 Å². The highest BCUT2D eigenvalue weighted by molar-refractivity contribution is 6.30. The smallest absolute Gasteiger partial charge is 0.219 e. The Hall–Kier alpha value is -1.40. The molecule has 2 heterocycles. The number of aromatic nitrogens is 1. The number of halogens is 2. The van der Waals surface area contributed by atoms with Crippen LogP contribution in [0.1, 0.15) is 19.3 Å². The van der Waals surface area contributed by atoms with Crippen molar-refractivity contribution in [3.8, 4) is 0 Å². The predicted molar refractivity (Wildman–Crippen MR) is 74.0 cm³/mol. The van der Waals surface area contributed by atoms with Crippen molar-refractivity contribution in [3.05, 3.63) is 23.1 Å². The Balaban J connectivity index is 2.11. The van der Waals surface area contributed by atoms with E-state index in [4.69, 9.17) is 22.1 Å². The molecule has 0 aliphatic carbocycles. The number of carbonyl (C=O) groups excluding carboxylic acids is 1. The van der Waals surface area contributed by atoms with Gasteiger partial charge in [-0.1, -0.05) is 11.6 Å². The normalized spacial score (nSPS) is 17.7. The summed E-state index contributed by atoms with van der Waals surface area (Å²) in [6.07, 6.45) is 3.10. The number of hydrogen-bond acceptors (Lipinski definition) is 4. The third kappa shape index (κ3) is 4.05. The first kappa shape index (κ1) is 15.0. The summed E-state index contributed by atoms with van der Waals surface area (Å²) in [5, 5.41) is 3.20. The first-order valence-corrected chi connectivity index (χ1v) is 6.87. The molecule has 7 heteroatoms. The third-order valence-electron chi connectivity index (χ3n) is 3.39. The summed E-state index contributed by atoms with van der Waals surface area (Å²) in [7, 11) is 0. The molecule has 0 unspecified atom stereocenters. The molecule has 0 spiro atoms. The fraction of sp³-hybridized carbons (Fsp3) is 0.538. The number of ether oxygens (including phenoxy) is 1. The second kappa shape index (κ2) is 6.85. The molecule has 1 fully saturated rings. The lowest BCUT2D eigenvalue weighted by Gasteiger charge is -2.30. The Bertz CT molecular complexity index is 481. The molecule has 0 radical (unpaired) electrons. The largest absolute Gasteiger partial charge is 0.381 e. The summed E-state index contributed by atoms with van der Waals surface area (Å²) in [6, 6.07) is 0.932. The van der Waals surface area contributed by atoms with Gasteiger partial charge in [0, 0.05) is 31.9 Å². The Morgan fingerprint density at radius 1 is 1.60 bits per heavy atom. The molecule has 1 amide bonds. The van der Waals surface area contributed by atoms with Crippen LogP contribution in [0.2, 0.25) is 5.02 Å². The minimum Gasteiger partial charge on any atom is -0.381 e. The summed E-state index contributed by atoms with van der Waals surface area (Å²) in [5.41, 5.74) is 5.27. The van der Waals surface area contributed by atoms with E-state index in [1.807, 2.05) is 0 Å². The average Bonchev–Trinajstić information content (AvgIpc) is 2.41. The van der Waals surface area contributed by atoms with Gasteiger partial charge in [0.25, 0.3) is 0 Å². The van der Waals surface area contributed by atoms with Crippen LogP contribution in [0.5, 0.6) is 0 Å². The van der Waals surface area contributed by atoms with Gasteiger partial charge in [0.05, 0.1) is 5.02 Å². The van der Waals surface area contributed by atoms with Gasteiger partial charge in [-0.2, -0.15) is 0 Å². The highest BCUT2D eigenvalue weighted by Crippen LogP contribution is 2.25. The fourth-order valence-electron chi connectivity index (χ4n) is 2.37. The van der Waals surface area contributed by atoms with Crippen LogP contribution in [0.3, 0.4) is 0 Å². The van der Waals surface area contributed by atoms with Crippen LogP contribution in [0, 0.1) is 11.7 Å². The fourth-order valence-corrected chi connectivity index (χ4v) is 2.51. The van der Waals surface area contributed by atoms with E-state index in [1.54, 1.807) is 0 Å². The number of nitrogens with one attached hydrogen (secondary N) is 1. The summed E-state index contributed by atoms with van der Waals surface area (Å²) < 4.78 is 19.1. The average molecular weight is 302 g/mol. The van der Waals surface area contributed by atoms with Crippen molar-refractivity contribution in [2.24, 2.45) is 11.7 Å². The Morgan fingerprint density at radius 2 is 2.30 bits per heavy atom. The van der Waals surface area contributed by atoms with Gasteiger partial charge in [0.2, 0.25) is 5.91 Å². The van der Waals surface area contributed by atoms with Crippen molar-refractivity contribution in [1.29, 1.82) is 0 Å². The van der Waals surface area contributed by atoms with E-state index in [9.17, 15) is 9.18 Å². The molecule has 0 aromatic carbocycles. The number of primary amides is 1. The molecule has 20 heavy (non-hydrogen) atoms. The number of hydrogen-bond donors (Lipinski definition) is 2. The number of carbonyl (C=O) groups is 1. The predicted octanol–water partition coefficient (Wildman–Crippen LogP) is 1.96. The van der Waals surface area contributed by atoms with Crippen LogP contribution in [0.25, 0.3) is 0 Å². The lowest BCUT2D eigenvalue weighted by atomic mass is 9.89. The number of pyridine rings is 1. The van der Waals surface area contributed by atoms with Gasteiger partial charge in [-0.3, -0.25) is 4.79 Å². The Morgan fingerprint density at radius 3 is 2.90 bits per heavy atom. The van der Waals surface area contributed by atoms with Crippen LogP contribution in [-0.4, -0.2) is 30.1 Å². The van der Waals surface area contributed by atoms with Gasteiger partial charge in [-0.05, 0) is 24.8 Å². The number of nitrogens with zero attached hydrogens (tertiary/aromatic N) is 1. The zero-order chi connectivity index (χ0) is 14.5. The van der Waals surface area contributed by atoms with Gasteiger partial charge in [-0.25, -0.2) is 9.37 Å². The van der Waals surface area contributed by atoms with Crippen LogP contribution in [-0.2, 0) is 9.53 Å². The number of rotatable bonds is 5. The zero-order valence-electron chi connectivity index (χ0n) is 10.9. The highest BCUT2D eigenvalue weighted by Gasteiger charge is 2.26. The van der Waals surface area contributed by atoms with Crippen molar-refractivity contribution in [1.82, 2.24) is 4.98 Å². The van der Waals surface area contributed by atoms with Gasteiger partial charge in [-0.15, -0.1) is 0 Å². The quantitative estimate of drug-likeness (QED) is 0.871. The lowest BCUT2D eigenvalue weighted by Crippen LogP contribution is -2.37. The van der Waals surface area contributed by atoms with Crippen molar-refractivity contribution < 1.29 is 13.9 Å². The van der Waals surface area contributed by atoms with Crippen LogP contribution in [0.15, 0.2) is 12.3 Å². The molecule has 110 valence electrons. The topological polar surface area (TPSA) is 77.2 Å². The van der Waals surface area contributed by atoms with E-state index in [0.29, 0.717) is 13.2 Å². The van der Waals surface area contributed by atoms with E-state index < -0.39 is 11.7 Å². The summed E-state index contributed by atoms with van der Waals surface area (Å²) in [5.74, 6) is -0.678. The second-order valence-corrected chi connectivity index (χ2v) is 5.29. The number of anilines is 1. The first-order chi connectivity index (χ1) is 9.56. The summed E-state index contributed by atoms with van der Waals surface area (Å²) in [4.78, 5) is 15.1. The maximum Gasteiger partial charge on any atom is 0.219 e. The van der Waals surface area contributed by atoms with Gasteiger partial charge in [0.1, 0.15) is 0 Å². The van der Waals surface area contributed by atoms with Crippen molar-refractivity contribution in [2.45, 2.75) is 25.3 Å². The molecule has 1 aliphatic heterocycles. The van der Waals surface area contributed by atoms with Crippen molar-refractivity contribution in [3.63, 3.8) is 0 Å².